The van der Waals surface area contributed by atoms with E-state index in [0.29, 0.717) is 13.0 Å². The first-order chi connectivity index (χ1) is 16.4. The summed E-state index contributed by atoms with van der Waals surface area (Å²) >= 11 is 0. The third-order valence-corrected chi connectivity index (χ3v) is 8.51. The van der Waals surface area contributed by atoms with Crippen molar-refractivity contribution in [2.45, 2.75) is 59.2 Å². The molecule has 0 aromatic rings. The van der Waals surface area contributed by atoms with Crippen LogP contribution in [0.15, 0.2) is 24.5 Å². The average molecular weight is 618 g/mol. The molecule has 206 valence electrons. The third kappa shape index (κ3) is 41.4. The van der Waals surface area contributed by atoms with Gasteiger partial charge in [0.15, 0.2) is 0 Å². The quantitative estimate of drug-likeness (QED) is 0.142. The first kappa shape index (κ1) is 59.9. The number of hydrogen-bond donors (Lipinski definition) is 0. The molecule has 0 aromatic carbocycles. The maximum absolute atomic E-state index is 7.50. The predicted molar refractivity (Wildman–Crippen MR) is 126 cm³/mol. The van der Waals surface area contributed by atoms with Gasteiger partial charge in [-0.2, -0.15) is 0 Å². The van der Waals surface area contributed by atoms with Crippen molar-refractivity contribution in [2.75, 3.05) is 13.7 Å². The van der Waals surface area contributed by atoms with E-state index in [2.05, 4.69) is 118 Å². The number of hydrogen-bond acceptors (Lipinski definition) is 2. The van der Waals surface area contributed by atoms with Crippen molar-refractivity contribution in [3.63, 3.8) is 0 Å². The van der Waals surface area contributed by atoms with E-state index in [1.165, 1.54) is 0 Å². The zero-order chi connectivity index (χ0) is 30.1. The Labute approximate surface area is 244 Å². The molecule has 0 rings (SSSR count). The molecule has 0 aliphatic heterocycles. The fraction of sp³-hybridized carbons (Fsp3) is 0.462. The molecular weight excluding hydrogens is 586 g/mol. The minimum absolute atomic E-state index is 0. The van der Waals surface area contributed by atoms with Gasteiger partial charge in [-0.15, -0.1) is 0 Å². The second-order valence-electron chi connectivity index (χ2n) is 7.75. The monoisotopic (exact) mass is 618 g/mol. The van der Waals surface area contributed by atoms with Gasteiger partial charge >= 0.3 is 67.8 Å². The van der Waals surface area contributed by atoms with Crippen LogP contribution in [0.5, 0.6) is 0 Å². The molecule has 0 unspecified atom stereocenters. The first-order valence-electron chi connectivity index (χ1n) is 9.15. The molecule has 0 saturated carbocycles. The van der Waals surface area contributed by atoms with E-state index in [1.807, 2.05) is 0 Å². The molecule has 0 N–H and O–H groups in total. The van der Waals surface area contributed by atoms with Crippen LogP contribution in [0.3, 0.4) is 0 Å². The Morgan fingerprint density at radius 2 is 1.08 bits per heavy atom. The van der Waals surface area contributed by atoms with Gasteiger partial charge in [0.05, 0.1) is 5.76 Å². The smallest absolute Gasteiger partial charge is 0 e. The Hall–Kier alpha value is -1.97. The van der Waals surface area contributed by atoms with Crippen LogP contribution in [0.4, 0.5) is 0 Å². The minimum Gasteiger partial charge on any atom is 0 e. The second kappa shape index (κ2) is 44.1. The van der Waals surface area contributed by atoms with Crippen molar-refractivity contribution in [3.05, 3.63) is 64.4 Å². The van der Waals surface area contributed by atoms with E-state index in [1.54, 1.807) is 19.3 Å². The Balaban J connectivity index is -0.0000000697. The first-order valence-corrected chi connectivity index (χ1v) is 12.1. The van der Waals surface area contributed by atoms with Crippen molar-refractivity contribution < 1.29 is 70.6 Å². The molecule has 0 spiro atoms. The Morgan fingerprint density at radius 3 is 1.38 bits per heavy atom. The van der Waals surface area contributed by atoms with Crippen LogP contribution < -0.4 is 0 Å². The number of ether oxygens (including phenoxy) is 1. The standard InChI is InChI=1S/C20H32O2Si.6CO.2Co/c1-18(22-23(8,9)19(2,3)4)20(5,6)16-14-12-10-11-13-15-17-21-7;6*1-2;;/h10-11H,1,16-17H2,2-9H3;;;;;;;;/b11-10-;;;;;;;;. The zero-order valence-electron chi connectivity index (χ0n) is 22.2. The fourth-order valence-corrected chi connectivity index (χ4v) is 2.48. The molecule has 0 saturated heterocycles. The van der Waals surface area contributed by atoms with Crippen LogP contribution in [0, 0.1) is 69.0 Å². The molecule has 0 amide bonds. The third-order valence-electron chi connectivity index (χ3n) is 4.14. The summed E-state index contributed by atoms with van der Waals surface area (Å²) in [6.45, 7) is 47.0. The molecular formula is C26H32Co2O8Si. The molecule has 0 heterocycles. The van der Waals surface area contributed by atoms with Gasteiger partial charge in [0.2, 0.25) is 8.32 Å². The van der Waals surface area contributed by atoms with Gasteiger partial charge in [-0.25, -0.2) is 0 Å². The summed E-state index contributed by atoms with van der Waals surface area (Å²) in [4.78, 5) is 0. The summed E-state index contributed by atoms with van der Waals surface area (Å²) < 4.78 is 56.2. The SMILES string of the molecule is C=C(O[Si](C)(C)C(C)(C)C)C(C)(C)CC#C/C=C\C#CCOC.[C-]#[O+].[C-]#[O+].[C-]#[O+].[C-]#[O+].[C-]#[O+].[C-]#[O+].[Co].[Co]. The summed E-state index contributed by atoms with van der Waals surface area (Å²) in [5.74, 6) is 12.7. The van der Waals surface area contributed by atoms with Gasteiger partial charge in [0.25, 0.3) is 0 Å². The van der Waals surface area contributed by atoms with Crippen LogP contribution in [-0.2, 0) is 70.6 Å². The molecule has 0 aliphatic rings. The second-order valence-corrected chi connectivity index (χ2v) is 12.5. The molecule has 0 aliphatic carbocycles. The molecule has 11 heteroatoms. The van der Waals surface area contributed by atoms with E-state index in [4.69, 9.17) is 37.1 Å². The average Bonchev–Trinajstić information content (AvgIpc) is 2.87. The van der Waals surface area contributed by atoms with E-state index in [9.17, 15) is 0 Å². The molecule has 0 bridgehead atoms. The molecule has 37 heavy (non-hydrogen) atoms. The van der Waals surface area contributed by atoms with E-state index < -0.39 is 8.32 Å². The molecule has 8 nitrogen and oxygen atoms in total. The fourth-order valence-electron chi connectivity index (χ4n) is 1.28. The zero-order valence-corrected chi connectivity index (χ0v) is 25.3. The van der Waals surface area contributed by atoms with Gasteiger partial charge in [0, 0.05) is 52.5 Å². The Kier molecular flexibility index (Phi) is 71.3. The van der Waals surface area contributed by atoms with Crippen LogP contribution in [-0.4, -0.2) is 22.0 Å². The Bertz CT molecular complexity index is 758. The number of allylic oxidation sites excluding steroid dienone is 3. The largest absolute Gasteiger partial charge is 0 e. The van der Waals surface area contributed by atoms with Crippen molar-refractivity contribution in [2.24, 2.45) is 5.41 Å². The summed E-state index contributed by atoms with van der Waals surface area (Å²) in [6.07, 6.45) is 4.20. The number of methoxy groups -OCH3 is 1. The topological polar surface area (TPSA) is 138 Å². The van der Waals surface area contributed by atoms with Crippen molar-refractivity contribution in [3.8, 4) is 23.7 Å². The Morgan fingerprint density at radius 1 is 0.757 bits per heavy atom. The van der Waals surface area contributed by atoms with Gasteiger partial charge < -0.3 is 9.16 Å². The van der Waals surface area contributed by atoms with Gasteiger partial charge in [0.1, 0.15) is 6.61 Å². The van der Waals surface area contributed by atoms with Crippen LogP contribution in [0.1, 0.15) is 41.0 Å². The summed E-state index contributed by atoms with van der Waals surface area (Å²) in [5.41, 5.74) is -0.169. The molecule has 0 fully saturated rings. The molecule has 2 radical (unpaired) electrons. The summed E-state index contributed by atoms with van der Waals surface area (Å²) in [6, 6.07) is 0. The van der Waals surface area contributed by atoms with Crippen molar-refractivity contribution in [1.82, 2.24) is 0 Å². The van der Waals surface area contributed by atoms with E-state index >= 15 is 0 Å². The van der Waals surface area contributed by atoms with Crippen molar-refractivity contribution >= 4 is 8.32 Å². The molecule has 0 aromatic heterocycles. The normalized spacial score (nSPS) is 7.89. The van der Waals surface area contributed by atoms with Gasteiger partial charge in [-0.3, -0.25) is 0 Å². The van der Waals surface area contributed by atoms with Crippen LogP contribution in [0.2, 0.25) is 18.1 Å². The van der Waals surface area contributed by atoms with Gasteiger partial charge in [-0.1, -0.05) is 64.9 Å². The van der Waals surface area contributed by atoms with Crippen LogP contribution in [0.25, 0.3) is 0 Å². The summed E-state index contributed by atoms with van der Waals surface area (Å²) in [5, 5.41) is 0.168. The molecule has 0 atom stereocenters. The maximum Gasteiger partial charge on any atom is 0 e. The van der Waals surface area contributed by atoms with Gasteiger partial charge in [-0.05, 0) is 30.3 Å². The predicted octanol–water partition coefficient (Wildman–Crippen LogP) is 4.92. The maximum atomic E-state index is 7.50. The van der Waals surface area contributed by atoms with E-state index in [0.717, 1.165) is 5.76 Å². The number of rotatable bonds is 5. The van der Waals surface area contributed by atoms with Crippen molar-refractivity contribution in [1.29, 1.82) is 0 Å². The minimum atomic E-state index is -1.84. The summed E-state index contributed by atoms with van der Waals surface area (Å²) in [7, 11) is -0.219. The van der Waals surface area contributed by atoms with Crippen LogP contribution >= 0.6 is 0 Å². The van der Waals surface area contributed by atoms with E-state index in [-0.39, 0.29) is 44.0 Å².